The third kappa shape index (κ3) is 4.53. The van der Waals surface area contributed by atoms with Gasteiger partial charge in [-0.05, 0) is 42.0 Å². The van der Waals surface area contributed by atoms with Gasteiger partial charge in [-0.1, -0.05) is 40.9 Å². The fourth-order valence-electron chi connectivity index (χ4n) is 1.91. The highest BCUT2D eigenvalue weighted by Gasteiger charge is 2.12. The number of carboxylic acids is 1. The van der Waals surface area contributed by atoms with Crippen LogP contribution in [0, 0.1) is 0 Å². The molecule has 0 aliphatic heterocycles. The van der Waals surface area contributed by atoms with Gasteiger partial charge in [0.25, 0.3) is 0 Å². The van der Waals surface area contributed by atoms with Gasteiger partial charge in [0.15, 0.2) is 0 Å². The van der Waals surface area contributed by atoms with Crippen molar-refractivity contribution in [1.29, 1.82) is 0 Å². The van der Waals surface area contributed by atoms with Gasteiger partial charge in [-0.25, -0.2) is 0 Å². The van der Waals surface area contributed by atoms with Crippen LogP contribution in [0.3, 0.4) is 0 Å². The van der Waals surface area contributed by atoms with E-state index in [1.807, 2.05) is 6.07 Å². The summed E-state index contributed by atoms with van der Waals surface area (Å²) in [5, 5.41) is 10.6. The molecule has 0 bridgehead atoms. The standard InChI is InChI=1S/C15H12Cl3NO2/c16-11-2-4-12(5-3-11)19(9-15(20)21)8-10-1-6-13(17)14(18)7-10/h1-7H,8-9H2,(H,20,21). The van der Waals surface area contributed by atoms with Gasteiger partial charge in [0.1, 0.15) is 6.54 Å². The van der Waals surface area contributed by atoms with Crippen LogP contribution in [-0.4, -0.2) is 17.6 Å². The topological polar surface area (TPSA) is 40.5 Å². The van der Waals surface area contributed by atoms with Crippen LogP contribution in [0.2, 0.25) is 15.1 Å². The number of hydrogen-bond donors (Lipinski definition) is 1. The van der Waals surface area contributed by atoms with Crippen molar-refractivity contribution in [3.8, 4) is 0 Å². The highest BCUT2D eigenvalue weighted by molar-refractivity contribution is 6.42. The molecule has 0 saturated heterocycles. The molecule has 0 aliphatic carbocycles. The van der Waals surface area contributed by atoms with Crippen molar-refractivity contribution >= 4 is 46.5 Å². The molecule has 2 aromatic rings. The molecule has 3 nitrogen and oxygen atoms in total. The molecule has 0 heterocycles. The third-order valence-corrected chi connectivity index (χ3v) is 3.87. The predicted molar refractivity (Wildman–Crippen MR) is 86.6 cm³/mol. The average molecular weight is 345 g/mol. The maximum Gasteiger partial charge on any atom is 0.323 e. The van der Waals surface area contributed by atoms with Crippen molar-refractivity contribution in [2.75, 3.05) is 11.4 Å². The van der Waals surface area contributed by atoms with E-state index in [9.17, 15) is 4.79 Å². The van der Waals surface area contributed by atoms with E-state index < -0.39 is 5.97 Å². The van der Waals surface area contributed by atoms with Crippen LogP contribution in [0.1, 0.15) is 5.56 Å². The fourth-order valence-corrected chi connectivity index (χ4v) is 2.36. The predicted octanol–water partition coefficient (Wildman–Crippen LogP) is 4.74. The number of nitrogens with zero attached hydrogens (tertiary/aromatic N) is 1. The quantitative estimate of drug-likeness (QED) is 0.852. The molecule has 21 heavy (non-hydrogen) atoms. The van der Waals surface area contributed by atoms with Gasteiger partial charge in [0.05, 0.1) is 10.0 Å². The van der Waals surface area contributed by atoms with Crippen molar-refractivity contribution in [1.82, 2.24) is 0 Å². The smallest absolute Gasteiger partial charge is 0.323 e. The van der Waals surface area contributed by atoms with E-state index in [4.69, 9.17) is 39.9 Å². The number of benzene rings is 2. The normalized spacial score (nSPS) is 10.4. The molecular weight excluding hydrogens is 333 g/mol. The zero-order valence-corrected chi connectivity index (χ0v) is 13.2. The van der Waals surface area contributed by atoms with E-state index in [2.05, 4.69) is 0 Å². The first kappa shape index (κ1) is 16.0. The number of aliphatic carboxylic acids is 1. The minimum atomic E-state index is -0.912. The molecule has 0 radical (unpaired) electrons. The van der Waals surface area contributed by atoms with Gasteiger partial charge >= 0.3 is 5.97 Å². The molecule has 0 atom stereocenters. The second-order valence-electron chi connectivity index (χ2n) is 4.47. The highest BCUT2D eigenvalue weighted by Crippen LogP contribution is 2.25. The lowest BCUT2D eigenvalue weighted by molar-refractivity contribution is -0.135. The van der Waals surface area contributed by atoms with Gasteiger partial charge in [0.2, 0.25) is 0 Å². The Morgan fingerprint density at radius 3 is 2.24 bits per heavy atom. The van der Waals surface area contributed by atoms with Crippen LogP contribution in [0.15, 0.2) is 42.5 Å². The summed E-state index contributed by atoms with van der Waals surface area (Å²) >= 11 is 17.7. The molecule has 0 fully saturated rings. The Bertz CT molecular complexity index is 644. The summed E-state index contributed by atoms with van der Waals surface area (Å²) in [6, 6.07) is 12.3. The maximum atomic E-state index is 11.0. The summed E-state index contributed by atoms with van der Waals surface area (Å²) in [6.07, 6.45) is 0. The Morgan fingerprint density at radius 1 is 1.00 bits per heavy atom. The van der Waals surface area contributed by atoms with E-state index in [1.54, 1.807) is 41.3 Å². The van der Waals surface area contributed by atoms with E-state index >= 15 is 0 Å². The first-order chi connectivity index (χ1) is 9.95. The molecule has 0 aliphatic rings. The Hall–Kier alpha value is -1.42. The Balaban J connectivity index is 2.25. The Labute approximate surface area is 137 Å². The number of anilines is 1. The van der Waals surface area contributed by atoms with Crippen LogP contribution >= 0.6 is 34.8 Å². The van der Waals surface area contributed by atoms with Gasteiger partial charge in [-0.3, -0.25) is 4.79 Å². The molecule has 6 heteroatoms. The number of hydrogen-bond acceptors (Lipinski definition) is 2. The molecule has 0 unspecified atom stereocenters. The van der Waals surface area contributed by atoms with Gasteiger partial charge < -0.3 is 10.0 Å². The highest BCUT2D eigenvalue weighted by atomic mass is 35.5. The second-order valence-corrected chi connectivity index (χ2v) is 5.73. The molecule has 2 rings (SSSR count). The molecule has 1 N–H and O–H groups in total. The molecule has 110 valence electrons. The van der Waals surface area contributed by atoms with Crippen LogP contribution in [0.4, 0.5) is 5.69 Å². The third-order valence-electron chi connectivity index (χ3n) is 2.88. The van der Waals surface area contributed by atoms with Gasteiger partial charge in [0, 0.05) is 17.3 Å². The number of carbonyl (C=O) groups is 1. The van der Waals surface area contributed by atoms with E-state index in [1.165, 1.54) is 0 Å². The molecule has 2 aromatic carbocycles. The Morgan fingerprint density at radius 2 is 1.67 bits per heavy atom. The minimum absolute atomic E-state index is 0.123. The largest absolute Gasteiger partial charge is 0.480 e. The number of carboxylic acid groups (broad SMARTS) is 1. The lowest BCUT2D eigenvalue weighted by Crippen LogP contribution is -2.29. The molecular formula is C15H12Cl3NO2. The Kier molecular flexibility index (Phi) is 5.34. The lowest BCUT2D eigenvalue weighted by Gasteiger charge is -2.23. The summed E-state index contributed by atoms with van der Waals surface area (Å²) in [5.41, 5.74) is 1.65. The first-order valence-corrected chi connectivity index (χ1v) is 7.25. The van der Waals surface area contributed by atoms with Gasteiger partial charge in [-0.2, -0.15) is 0 Å². The minimum Gasteiger partial charge on any atom is -0.480 e. The SMILES string of the molecule is O=C(O)CN(Cc1ccc(Cl)c(Cl)c1)c1ccc(Cl)cc1. The van der Waals surface area contributed by atoms with E-state index in [0.717, 1.165) is 11.3 Å². The molecule has 0 saturated carbocycles. The summed E-state index contributed by atoms with van der Waals surface area (Å²) < 4.78 is 0. The van der Waals surface area contributed by atoms with Crippen LogP contribution in [-0.2, 0) is 11.3 Å². The number of halogens is 3. The number of rotatable bonds is 5. The zero-order chi connectivity index (χ0) is 15.4. The van der Waals surface area contributed by atoms with Gasteiger partial charge in [-0.15, -0.1) is 0 Å². The lowest BCUT2D eigenvalue weighted by atomic mass is 10.2. The summed E-state index contributed by atoms with van der Waals surface area (Å²) in [7, 11) is 0. The van der Waals surface area contributed by atoms with Crippen molar-refractivity contribution in [2.24, 2.45) is 0 Å². The van der Waals surface area contributed by atoms with Crippen LogP contribution in [0.25, 0.3) is 0 Å². The second kappa shape index (κ2) is 7.03. The average Bonchev–Trinajstić information content (AvgIpc) is 2.42. The maximum absolute atomic E-state index is 11.0. The van der Waals surface area contributed by atoms with Crippen molar-refractivity contribution in [3.63, 3.8) is 0 Å². The van der Waals surface area contributed by atoms with E-state index in [-0.39, 0.29) is 6.54 Å². The van der Waals surface area contributed by atoms with Crippen molar-refractivity contribution in [2.45, 2.75) is 6.54 Å². The van der Waals surface area contributed by atoms with Crippen LogP contribution < -0.4 is 4.90 Å². The monoisotopic (exact) mass is 343 g/mol. The first-order valence-electron chi connectivity index (χ1n) is 6.12. The summed E-state index contributed by atoms with van der Waals surface area (Å²) in [4.78, 5) is 12.8. The molecule has 0 spiro atoms. The summed E-state index contributed by atoms with van der Waals surface area (Å²) in [6.45, 7) is 0.284. The zero-order valence-electron chi connectivity index (χ0n) is 10.9. The molecule has 0 aromatic heterocycles. The van der Waals surface area contributed by atoms with Crippen LogP contribution in [0.5, 0.6) is 0 Å². The van der Waals surface area contributed by atoms with Crippen molar-refractivity contribution < 1.29 is 9.90 Å². The van der Waals surface area contributed by atoms with Crippen molar-refractivity contribution in [3.05, 3.63) is 63.1 Å². The molecule has 0 amide bonds. The van der Waals surface area contributed by atoms with E-state index in [0.29, 0.717) is 21.6 Å². The fraction of sp³-hybridized carbons (Fsp3) is 0.133. The summed E-state index contributed by atoms with van der Waals surface area (Å²) in [5.74, 6) is -0.912.